The molecule has 0 aliphatic carbocycles. The van der Waals surface area contributed by atoms with E-state index in [1.165, 1.54) is 27.5 Å². The van der Waals surface area contributed by atoms with Crippen molar-refractivity contribution in [3.8, 4) is 78.7 Å². The molecular weight excluding hydrogens is 719 g/mol. The fourth-order valence-electron chi connectivity index (χ4n) is 8.06. The van der Waals surface area contributed by atoms with Crippen molar-refractivity contribution in [1.82, 2.24) is 15.0 Å². The summed E-state index contributed by atoms with van der Waals surface area (Å²) in [4.78, 5) is 15.2. The zero-order valence-electron chi connectivity index (χ0n) is 32.0. The molecule has 11 aromatic rings. The molecule has 0 amide bonds. The van der Waals surface area contributed by atoms with Crippen LogP contribution in [0.25, 0.3) is 111 Å². The van der Waals surface area contributed by atoms with E-state index in [0.29, 0.717) is 17.5 Å². The van der Waals surface area contributed by atoms with Gasteiger partial charge in [-0.15, -0.1) is 0 Å². The van der Waals surface area contributed by atoms with Gasteiger partial charge >= 0.3 is 0 Å². The summed E-state index contributed by atoms with van der Waals surface area (Å²) in [5.74, 6) is 1.86. The molecule has 0 aliphatic rings. The van der Waals surface area contributed by atoms with Crippen LogP contribution in [0.4, 0.5) is 0 Å². The maximum absolute atomic E-state index is 6.33. The van der Waals surface area contributed by atoms with Gasteiger partial charge in [0.05, 0.1) is 0 Å². The van der Waals surface area contributed by atoms with Crippen LogP contribution in [0.2, 0.25) is 0 Å². The van der Waals surface area contributed by atoms with E-state index in [1.807, 2.05) is 18.2 Å². The summed E-state index contributed by atoms with van der Waals surface area (Å²) in [7, 11) is 0. The van der Waals surface area contributed by atoms with Crippen LogP contribution in [0, 0.1) is 0 Å². The van der Waals surface area contributed by atoms with Gasteiger partial charge in [-0.05, 0) is 79.5 Å². The smallest absolute Gasteiger partial charge is 0.164 e. The lowest BCUT2D eigenvalue weighted by Crippen LogP contribution is -2.00. The van der Waals surface area contributed by atoms with Crippen LogP contribution >= 0.6 is 0 Å². The molecule has 59 heavy (non-hydrogen) atoms. The van der Waals surface area contributed by atoms with Crippen LogP contribution in [0.3, 0.4) is 0 Å². The van der Waals surface area contributed by atoms with Crippen molar-refractivity contribution in [3.63, 3.8) is 0 Å². The van der Waals surface area contributed by atoms with E-state index >= 15 is 0 Å². The molecule has 9 aromatic carbocycles. The third kappa shape index (κ3) is 6.53. The Hall–Kier alpha value is -7.95. The van der Waals surface area contributed by atoms with Crippen LogP contribution in [0.1, 0.15) is 0 Å². The van der Waals surface area contributed by atoms with E-state index in [9.17, 15) is 0 Å². The maximum atomic E-state index is 6.33. The number of hydrogen-bond acceptors (Lipinski definition) is 4. The standard InChI is InChI=1S/C55H35N3O/c1-3-10-36(11-4-1)38-18-25-42(26-19-38)53-56-54(43-27-20-39(21-28-43)46-31-24-37-12-7-8-15-45(37)34-46)58-55(57-53)44-29-22-40(23-30-44)47-32-33-50-49(35-47)52-48(16-9-17-51(52)59-50)41-13-5-2-6-14-41/h1-35H. The van der Waals surface area contributed by atoms with Crippen LogP contribution in [0.15, 0.2) is 217 Å². The number of rotatable bonds is 7. The Bertz CT molecular complexity index is 3280. The Balaban J connectivity index is 0.966. The van der Waals surface area contributed by atoms with E-state index in [2.05, 4.69) is 194 Å². The zero-order chi connectivity index (χ0) is 39.1. The molecule has 11 rings (SSSR count). The van der Waals surface area contributed by atoms with Crippen LogP contribution in [0.5, 0.6) is 0 Å². The number of hydrogen-bond donors (Lipinski definition) is 0. The average molecular weight is 754 g/mol. The van der Waals surface area contributed by atoms with Gasteiger partial charge in [-0.3, -0.25) is 0 Å². The van der Waals surface area contributed by atoms with Gasteiger partial charge in [-0.2, -0.15) is 0 Å². The summed E-state index contributed by atoms with van der Waals surface area (Å²) in [6, 6.07) is 74.1. The molecule has 0 fully saturated rings. The Kier molecular flexibility index (Phi) is 8.45. The molecule has 0 atom stereocenters. The summed E-state index contributed by atoms with van der Waals surface area (Å²) in [6.45, 7) is 0. The molecule has 0 N–H and O–H groups in total. The summed E-state index contributed by atoms with van der Waals surface area (Å²) in [6.07, 6.45) is 0. The second kappa shape index (κ2) is 14.5. The third-order valence-electron chi connectivity index (χ3n) is 11.2. The van der Waals surface area contributed by atoms with E-state index in [0.717, 1.165) is 66.4 Å². The first-order valence-electron chi connectivity index (χ1n) is 19.8. The number of nitrogens with zero attached hydrogens (tertiary/aromatic N) is 3. The van der Waals surface area contributed by atoms with Gasteiger partial charge in [0.1, 0.15) is 11.2 Å². The molecule has 0 aliphatic heterocycles. The lowest BCUT2D eigenvalue weighted by Gasteiger charge is -2.11. The number of fused-ring (bicyclic) bond motifs is 4. The van der Waals surface area contributed by atoms with Gasteiger partial charge in [-0.1, -0.05) is 188 Å². The summed E-state index contributed by atoms with van der Waals surface area (Å²) < 4.78 is 6.33. The molecule has 2 aromatic heterocycles. The lowest BCUT2D eigenvalue weighted by atomic mass is 9.97. The molecule has 0 saturated heterocycles. The number of aromatic nitrogens is 3. The molecule has 0 spiro atoms. The van der Waals surface area contributed by atoms with Gasteiger partial charge < -0.3 is 4.42 Å². The summed E-state index contributed by atoms with van der Waals surface area (Å²) >= 11 is 0. The van der Waals surface area contributed by atoms with Crippen molar-refractivity contribution in [3.05, 3.63) is 212 Å². The van der Waals surface area contributed by atoms with Crippen LogP contribution < -0.4 is 0 Å². The third-order valence-corrected chi connectivity index (χ3v) is 11.2. The SMILES string of the molecule is c1ccc(-c2ccc(-c3nc(-c4ccc(-c5ccc6ccccc6c5)cc4)nc(-c4ccc(-c5ccc6oc7cccc(-c8ccccc8)c7c6c5)cc4)n3)cc2)cc1. The first-order valence-corrected chi connectivity index (χ1v) is 19.8. The zero-order valence-corrected chi connectivity index (χ0v) is 32.0. The second-order valence-corrected chi connectivity index (χ2v) is 14.8. The van der Waals surface area contributed by atoms with Crippen LogP contribution in [-0.4, -0.2) is 15.0 Å². The van der Waals surface area contributed by atoms with Crippen molar-refractivity contribution < 1.29 is 4.42 Å². The van der Waals surface area contributed by atoms with Gasteiger partial charge in [-0.25, -0.2) is 15.0 Å². The number of benzene rings is 9. The molecule has 0 unspecified atom stereocenters. The first kappa shape index (κ1) is 34.3. The minimum atomic E-state index is 0.617. The summed E-state index contributed by atoms with van der Waals surface area (Å²) in [5, 5.41) is 4.67. The van der Waals surface area contributed by atoms with Gasteiger partial charge in [0.15, 0.2) is 17.5 Å². The Morgan fingerprint density at radius 1 is 0.271 bits per heavy atom. The Morgan fingerprint density at radius 2 is 0.712 bits per heavy atom. The first-order chi connectivity index (χ1) is 29.2. The highest BCUT2D eigenvalue weighted by molar-refractivity contribution is 6.13. The predicted octanol–water partition coefficient (Wildman–Crippen LogP) is 14.6. The number of furan rings is 1. The summed E-state index contributed by atoms with van der Waals surface area (Å²) in [5.41, 5.74) is 13.7. The molecule has 0 bridgehead atoms. The largest absolute Gasteiger partial charge is 0.456 e. The van der Waals surface area contributed by atoms with Crippen molar-refractivity contribution >= 4 is 32.7 Å². The fourth-order valence-corrected chi connectivity index (χ4v) is 8.06. The normalized spacial score (nSPS) is 11.4. The molecule has 276 valence electrons. The van der Waals surface area contributed by atoms with Crippen molar-refractivity contribution in [2.24, 2.45) is 0 Å². The molecule has 4 heteroatoms. The van der Waals surface area contributed by atoms with Gasteiger partial charge in [0.2, 0.25) is 0 Å². The van der Waals surface area contributed by atoms with Gasteiger partial charge in [0.25, 0.3) is 0 Å². The van der Waals surface area contributed by atoms with Crippen molar-refractivity contribution in [2.45, 2.75) is 0 Å². The molecule has 2 heterocycles. The second-order valence-electron chi connectivity index (χ2n) is 14.8. The lowest BCUT2D eigenvalue weighted by molar-refractivity contribution is 0.669. The molecule has 0 radical (unpaired) electrons. The average Bonchev–Trinajstić information content (AvgIpc) is 3.70. The highest BCUT2D eigenvalue weighted by Crippen LogP contribution is 2.39. The minimum Gasteiger partial charge on any atom is -0.456 e. The molecule has 4 nitrogen and oxygen atoms in total. The van der Waals surface area contributed by atoms with E-state index < -0.39 is 0 Å². The maximum Gasteiger partial charge on any atom is 0.164 e. The minimum absolute atomic E-state index is 0.617. The van der Waals surface area contributed by atoms with E-state index in [-0.39, 0.29) is 0 Å². The highest BCUT2D eigenvalue weighted by atomic mass is 16.3. The predicted molar refractivity (Wildman–Crippen MR) is 243 cm³/mol. The van der Waals surface area contributed by atoms with Crippen LogP contribution in [-0.2, 0) is 0 Å². The molecule has 0 saturated carbocycles. The molecular formula is C55H35N3O. The topological polar surface area (TPSA) is 51.8 Å². The quantitative estimate of drug-likeness (QED) is 0.163. The Labute approximate surface area is 341 Å². The Morgan fingerprint density at radius 3 is 1.31 bits per heavy atom. The van der Waals surface area contributed by atoms with E-state index in [4.69, 9.17) is 19.4 Å². The van der Waals surface area contributed by atoms with Crippen molar-refractivity contribution in [2.75, 3.05) is 0 Å². The highest BCUT2D eigenvalue weighted by Gasteiger charge is 2.16. The monoisotopic (exact) mass is 753 g/mol. The fraction of sp³-hybridized carbons (Fsp3) is 0. The van der Waals surface area contributed by atoms with Gasteiger partial charge in [0, 0.05) is 27.5 Å². The van der Waals surface area contributed by atoms with Crippen molar-refractivity contribution in [1.29, 1.82) is 0 Å². The van der Waals surface area contributed by atoms with E-state index in [1.54, 1.807) is 0 Å².